The van der Waals surface area contributed by atoms with Gasteiger partial charge in [-0.25, -0.2) is 15.0 Å². The second kappa shape index (κ2) is 9.13. The quantitative estimate of drug-likeness (QED) is 0.483. The van der Waals surface area contributed by atoms with E-state index < -0.39 is 11.8 Å². The van der Waals surface area contributed by atoms with E-state index in [0.29, 0.717) is 23.0 Å². The van der Waals surface area contributed by atoms with Gasteiger partial charge >= 0.3 is 0 Å². The van der Waals surface area contributed by atoms with Gasteiger partial charge in [-0.1, -0.05) is 18.2 Å². The highest BCUT2D eigenvalue weighted by Crippen LogP contribution is 2.21. The van der Waals surface area contributed by atoms with Gasteiger partial charge in [-0.2, -0.15) is 0 Å². The molecule has 0 radical (unpaired) electrons. The lowest BCUT2D eigenvalue weighted by atomic mass is 10.1. The van der Waals surface area contributed by atoms with E-state index in [1.54, 1.807) is 54.9 Å². The molecule has 0 bridgehead atoms. The molecule has 0 aliphatic carbocycles. The van der Waals surface area contributed by atoms with Crippen LogP contribution in [0.2, 0.25) is 0 Å². The summed E-state index contributed by atoms with van der Waals surface area (Å²) >= 11 is 0. The summed E-state index contributed by atoms with van der Waals surface area (Å²) < 4.78 is 1.89. The lowest BCUT2D eigenvalue weighted by Crippen LogP contribution is -2.20. The molecule has 0 fully saturated rings. The van der Waals surface area contributed by atoms with Gasteiger partial charge in [0.15, 0.2) is 5.82 Å². The first-order valence-corrected chi connectivity index (χ1v) is 9.88. The number of aromatic nitrogens is 6. The Kier molecular flexibility index (Phi) is 5.93. The molecule has 0 unspecified atom stereocenters. The first-order valence-electron chi connectivity index (χ1n) is 9.88. The maximum absolute atomic E-state index is 13.0. The molecule has 3 heterocycles. The Bertz CT molecular complexity index is 1250. The third-order valence-electron chi connectivity index (χ3n) is 4.54. The van der Waals surface area contributed by atoms with Crippen LogP contribution in [-0.2, 0) is 0 Å². The zero-order valence-electron chi connectivity index (χ0n) is 17.4. The molecule has 10 nitrogen and oxygen atoms in total. The number of carbonyl (C=O) groups excluding carboxylic acids is 2. The Balaban J connectivity index is 1.55. The average molecular weight is 428 g/mol. The van der Waals surface area contributed by atoms with Crippen molar-refractivity contribution < 1.29 is 9.59 Å². The standard InChI is InChI=1S/C22H20N8O2/c1-14(2)30-13-25-29-20(30)17-9-5-10-18(26-17)28-21(31)15-7-3-4-8-16(15)27-22(32)19-23-11-6-12-24-19/h3-14H,1-2H3,(H,27,32)(H,26,28,31). The maximum atomic E-state index is 13.0. The van der Waals surface area contributed by atoms with Crippen molar-refractivity contribution in [1.82, 2.24) is 29.7 Å². The second-order valence-electron chi connectivity index (χ2n) is 7.09. The third-order valence-corrected chi connectivity index (χ3v) is 4.54. The molecule has 4 aromatic rings. The van der Waals surface area contributed by atoms with Gasteiger partial charge in [-0.15, -0.1) is 10.2 Å². The maximum Gasteiger partial charge on any atom is 0.293 e. The number of carbonyl (C=O) groups is 2. The number of amides is 2. The highest BCUT2D eigenvalue weighted by Gasteiger charge is 2.17. The molecule has 160 valence electrons. The molecular weight excluding hydrogens is 408 g/mol. The number of anilines is 2. The summed E-state index contributed by atoms with van der Waals surface area (Å²) in [6, 6.07) is 13.7. The van der Waals surface area contributed by atoms with Crippen molar-refractivity contribution in [3.63, 3.8) is 0 Å². The van der Waals surface area contributed by atoms with E-state index in [9.17, 15) is 9.59 Å². The second-order valence-corrected chi connectivity index (χ2v) is 7.09. The van der Waals surface area contributed by atoms with Gasteiger partial charge < -0.3 is 15.2 Å². The van der Waals surface area contributed by atoms with Gasteiger partial charge in [0, 0.05) is 18.4 Å². The lowest BCUT2D eigenvalue weighted by molar-refractivity contribution is 0.101. The summed E-state index contributed by atoms with van der Waals surface area (Å²) in [4.78, 5) is 37.7. The van der Waals surface area contributed by atoms with Crippen LogP contribution in [0.4, 0.5) is 11.5 Å². The zero-order chi connectivity index (χ0) is 22.5. The van der Waals surface area contributed by atoms with Gasteiger partial charge in [-0.05, 0) is 44.2 Å². The molecule has 0 aliphatic rings. The fourth-order valence-corrected chi connectivity index (χ4v) is 3.00. The molecule has 0 atom stereocenters. The molecule has 10 heteroatoms. The Hall–Kier alpha value is -4.47. The lowest BCUT2D eigenvalue weighted by Gasteiger charge is -2.12. The number of nitrogens with zero attached hydrogens (tertiary/aromatic N) is 6. The molecule has 2 amide bonds. The van der Waals surface area contributed by atoms with Crippen molar-refractivity contribution >= 4 is 23.3 Å². The highest BCUT2D eigenvalue weighted by atomic mass is 16.2. The van der Waals surface area contributed by atoms with Gasteiger partial charge in [0.2, 0.25) is 5.82 Å². The Morgan fingerprint density at radius 3 is 2.47 bits per heavy atom. The molecule has 0 aliphatic heterocycles. The van der Waals surface area contributed by atoms with E-state index in [-0.39, 0.29) is 17.4 Å². The summed E-state index contributed by atoms with van der Waals surface area (Å²) in [5.41, 5.74) is 1.18. The van der Waals surface area contributed by atoms with Gasteiger partial charge in [0.1, 0.15) is 17.8 Å². The van der Waals surface area contributed by atoms with E-state index in [1.807, 2.05) is 18.4 Å². The molecule has 1 aromatic carbocycles. The van der Waals surface area contributed by atoms with Crippen LogP contribution in [-0.4, -0.2) is 41.5 Å². The Morgan fingerprint density at radius 2 is 1.69 bits per heavy atom. The summed E-state index contributed by atoms with van der Waals surface area (Å²) in [5, 5.41) is 13.6. The number of hydrogen-bond acceptors (Lipinski definition) is 7. The SMILES string of the molecule is CC(C)n1cnnc1-c1cccc(NC(=O)c2ccccc2NC(=O)c2ncccn2)n1. The monoisotopic (exact) mass is 428 g/mol. The molecule has 0 saturated heterocycles. The van der Waals surface area contributed by atoms with Crippen molar-refractivity contribution in [3.8, 4) is 11.5 Å². The number of benzene rings is 1. The zero-order valence-corrected chi connectivity index (χ0v) is 17.4. The van der Waals surface area contributed by atoms with Crippen molar-refractivity contribution in [2.45, 2.75) is 19.9 Å². The largest absolute Gasteiger partial charge is 0.319 e. The molecular formula is C22H20N8O2. The first-order chi connectivity index (χ1) is 15.5. The molecule has 2 N–H and O–H groups in total. The number of para-hydroxylation sites is 1. The number of nitrogens with one attached hydrogen (secondary N) is 2. The highest BCUT2D eigenvalue weighted by molar-refractivity contribution is 6.11. The Morgan fingerprint density at radius 1 is 0.906 bits per heavy atom. The van der Waals surface area contributed by atoms with E-state index in [4.69, 9.17) is 0 Å². The molecule has 4 rings (SSSR count). The summed E-state index contributed by atoms with van der Waals surface area (Å²) in [6.45, 7) is 4.04. The Labute approximate surface area is 183 Å². The molecule has 32 heavy (non-hydrogen) atoms. The van der Waals surface area contributed by atoms with Crippen molar-refractivity contribution in [3.05, 3.63) is 78.6 Å². The minimum Gasteiger partial charge on any atom is -0.319 e. The summed E-state index contributed by atoms with van der Waals surface area (Å²) in [7, 11) is 0. The smallest absolute Gasteiger partial charge is 0.293 e. The normalized spacial score (nSPS) is 10.7. The van der Waals surface area contributed by atoms with E-state index in [2.05, 4.69) is 35.8 Å². The minimum absolute atomic E-state index is 0.00587. The van der Waals surface area contributed by atoms with E-state index in [1.165, 1.54) is 12.4 Å². The first kappa shape index (κ1) is 20.8. The van der Waals surface area contributed by atoms with Crippen molar-refractivity contribution in [2.75, 3.05) is 10.6 Å². The van der Waals surface area contributed by atoms with Crippen LogP contribution in [0.25, 0.3) is 11.5 Å². The predicted octanol–water partition coefficient (Wildman–Crippen LogP) is 3.22. The van der Waals surface area contributed by atoms with Crippen LogP contribution < -0.4 is 10.6 Å². The van der Waals surface area contributed by atoms with Gasteiger partial charge in [-0.3, -0.25) is 9.59 Å². The summed E-state index contributed by atoms with van der Waals surface area (Å²) in [6.07, 6.45) is 4.58. The third kappa shape index (κ3) is 4.48. The van der Waals surface area contributed by atoms with Crippen LogP contribution >= 0.6 is 0 Å². The summed E-state index contributed by atoms with van der Waals surface area (Å²) in [5.74, 6) is 0.0140. The van der Waals surface area contributed by atoms with E-state index in [0.717, 1.165) is 0 Å². The van der Waals surface area contributed by atoms with Crippen LogP contribution in [0.3, 0.4) is 0 Å². The molecule has 3 aromatic heterocycles. The van der Waals surface area contributed by atoms with Crippen LogP contribution in [0.1, 0.15) is 40.9 Å². The van der Waals surface area contributed by atoms with Gasteiger partial charge in [0.05, 0.1) is 11.3 Å². The molecule has 0 saturated carbocycles. The predicted molar refractivity (Wildman–Crippen MR) is 118 cm³/mol. The van der Waals surface area contributed by atoms with Crippen LogP contribution in [0, 0.1) is 0 Å². The van der Waals surface area contributed by atoms with Gasteiger partial charge in [0.25, 0.3) is 11.8 Å². The minimum atomic E-state index is -0.515. The fraction of sp³-hybridized carbons (Fsp3) is 0.136. The fourth-order valence-electron chi connectivity index (χ4n) is 3.00. The number of rotatable bonds is 6. The number of hydrogen-bond donors (Lipinski definition) is 2. The molecule has 0 spiro atoms. The average Bonchev–Trinajstić information content (AvgIpc) is 3.31. The van der Waals surface area contributed by atoms with Crippen molar-refractivity contribution in [2.24, 2.45) is 0 Å². The van der Waals surface area contributed by atoms with Crippen LogP contribution in [0.5, 0.6) is 0 Å². The van der Waals surface area contributed by atoms with E-state index >= 15 is 0 Å². The topological polar surface area (TPSA) is 128 Å². The number of pyridine rings is 1. The van der Waals surface area contributed by atoms with Crippen molar-refractivity contribution in [1.29, 1.82) is 0 Å². The van der Waals surface area contributed by atoms with Crippen LogP contribution in [0.15, 0.2) is 67.3 Å².